The van der Waals surface area contributed by atoms with Gasteiger partial charge < -0.3 is 4.90 Å². The van der Waals surface area contributed by atoms with Crippen molar-refractivity contribution in [2.24, 2.45) is 5.92 Å². The SMILES string of the molecule is Clc1ncc(Br)c(N2CCN(CC3CC3)CC2)n1. The highest BCUT2D eigenvalue weighted by molar-refractivity contribution is 9.10. The third kappa shape index (κ3) is 2.95. The van der Waals surface area contributed by atoms with Crippen molar-refractivity contribution in [2.75, 3.05) is 37.6 Å². The fourth-order valence-electron chi connectivity index (χ4n) is 2.37. The third-order valence-electron chi connectivity index (χ3n) is 3.58. The van der Waals surface area contributed by atoms with Crippen LogP contribution < -0.4 is 4.90 Å². The molecule has 6 heteroatoms. The van der Waals surface area contributed by atoms with E-state index < -0.39 is 0 Å². The van der Waals surface area contributed by atoms with E-state index in [0.717, 1.165) is 42.4 Å². The fourth-order valence-corrected chi connectivity index (χ4v) is 2.94. The maximum Gasteiger partial charge on any atom is 0.224 e. The summed E-state index contributed by atoms with van der Waals surface area (Å²) in [7, 11) is 0. The Bertz CT molecular complexity index is 430. The molecule has 0 unspecified atom stereocenters. The molecule has 1 saturated carbocycles. The molecule has 0 radical (unpaired) electrons. The molecule has 0 aromatic carbocycles. The number of nitrogens with zero attached hydrogens (tertiary/aromatic N) is 4. The maximum absolute atomic E-state index is 5.86. The molecule has 0 amide bonds. The van der Waals surface area contributed by atoms with Crippen LogP contribution in [0.3, 0.4) is 0 Å². The second-order valence-corrected chi connectivity index (χ2v) is 6.23. The Morgan fingerprint density at radius 3 is 2.67 bits per heavy atom. The molecule has 3 rings (SSSR count). The van der Waals surface area contributed by atoms with Crippen LogP contribution >= 0.6 is 27.5 Å². The van der Waals surface area contributed by atoms with E-state index in [9.17, 15) is 0 Å². The average Bonchev–Trinajstić information content (AvgIpc) is 3.17. The van der Waals surface area contributed by atoms with Crippen molar-refractivity contribution in [2.45, 2.75) is 12.8 Å². The highest BCUT2D eigenvalue weighted by Crippen LogP contribution is 2.30. The van der Waals surface area contributed by atoms with Gasteiger partial charge in [-0.05, 0) is 46.3 Å². The van der Waals surface area contributed by atoms with Gasteiger partial charge in [0.25, 0.3) is 0 Å². The first-order chi connectivity index (χ1) is 8.72. The zero-order valence-corrected chi connectivity index (χ0v) is 12.5. The number of halogens is 2. The van der Waals surface area contributed by atoms with Crippen LogP contribution in [0.5, 0.6) is 0 Å². The molecule has 1 saturated heterocycles. The number of rotatable bonds is 3. The Kier molecular flexibility index (Phi) is 3.73. The summed E-state index contributed by atoms with van der Waals surface area (Å²) in [5.41, 5.74) is 0. The molecular formula is C12H16BrClN4. The number of anilines is 1. The van der Waals surface area contributed by atoms with E-state index >= 15 is 0 Å². The minimum atomic E-state index is 0.314. The van der Waals surface area contributed by atoms with Crippen molar-refractivity contribution in [3.8, 4) is 0 Å². The van der Waals surface area contributed by atoms with Gasteiger partial charge in [-0.15, -0.1) is 0 Å². The second kappa shape index (κ2) is 5.31. The number of piperazine rings is 1. The van der Waals surface area contributed by atoms with Crippen molar-refractivity contribution in [3.63, 3.8) is 0 Å². The van der Waals surface area contributed by atoms with Gasteiger partial charge in [0.1, 0.15) is 5.82 Å². The van der Waals surface area contributed by atoms with Crippen LogP contribution in [0, 0.1) is 5.92 Å². The van der Waals surface area contributed by atoms with Crippen molar-refractivity contribution in [1.82, 2.24) is 14.9 Å². The molecular weight excluding hydrogens is 316 g/mol. The van der Waals surface area contributed by atoms with Crippen molar-refractivity contribution in [3.05, 3.63) is 16.0 Å². The summed E-state index contributed by atoms with van der Waals surface area (Å²) in [6.45, 7) is 5.53. The Labute approximate surface area is 120 Å². The molecule has 1 aromatic heterocycles. The van der Waals surface area contributed by atoms with Gasteiger partial charge in [-0.25, -0.2) is 4.98 Å². The Morgan fingerprint density at radius 2 is 2.00 bits per heavy atom. The van der Waals surface area contributed by atoms with Crippen LogP contribution in [0.1, 0.15) is 12.8 Å². The molecule has 98 valence electrons. The molecule has 1 aromatic rings. The van der Waals surface area contributed by atoms with Crippen molar-refractivity contribution >= 4 is 33.3 Å². The summed E-state index contributed by atoms with van der Waals surface area (Å²) in [6.07, 6.45) is 4.57. The van der Waals surface area contributed by atoms with E-state index in [1.165, 1.54) is 19.4 Å². The lowest BCUT2D eigenvalue weighted by atomic mass is 10.3. The van der Waals surface area contributed by atoms with Crippen LogP contribution in [0.25, 0.3) is 0 Å². The van der Waals surface area contributed by atoms with Gasteiger partial charge in [0.05, 0.1) is 4.47 Å². The topological polar surface area (TPSA) is 32.3 Å². The standard InChI is InChI=1S/C12H16BrClN4/c13-10-7-15-12(14)16-11(10)18-5-3-17(4-6-18)8-9-1-2-9/h7,9H,1-6,8H2. The smallest absolute Gasteiger partial charge is 0.224 e. The average molecular weight is 332 g/mol. The molecule has 1 aliphatic carbocycles. The largest absolute Gasteiger partial charge is 0.353 e. The molecule has 0 atom stereocenters. The van der Waals surface area contributed by atoms with Gasteiger partial charge in [-0.3, -0.25) is 4.90 Å². The molecule has 2 fully saturated rings. The summed E-state index contributed by atoms with van der Waals surface area (Å²) in [5.74, 6) is 1.89. The fraction of sp³-hybridized carbons (Fsp3) is 0.667. The van der Waals surface area contributed by atoms with E-state index in [1.807, 2.05) is 0 Å². The lowest BCUT2D eigenvalue weighted by molar-refractivity contribution is 0.247. The zero-order valence-electron chi connectivity index (χ0n) is 10.1. The minimum Gasteiger partial charge on any atom is -0.353 e. The van der Waals surface area contributed by atoms with Crippen LogP contribution in [0.15, 0.2) is 10.7 Å². The Hall–Kier alpha value is -0.390. The first kappa shape index (κ1) is 12.6. The van der Waals surface area contributed by atoms with Gasteiger partial charge in [0.15, 0.2) is 0 Å². The van der Waals surface area contributed by atoms with Crippen molar-refractivity contribution < 1.29 is 0 Å². The quantitative estimate of drug-likeness (QED) is 0.796. The first-order valence-corrected chi connectivity index (χ1v) is 7.55. The predicted octanol–water partition coefficient (Wildman–Crippen LogP) is 2.42. The van der Waals surface area contributed by atoms with Crippen LogP contribution in [0.4, 0.5) is 5.82 Å². The summed E-state index contributed by atoms with van der Waals surface area (Å²) in [5, 5.41) is 0.314. The molecule has 2 aliphatic rings. The van der Waals surface area contributed by atoms with Gasteiger partial charge in [-0.2, -0.15) is 4.98 Å². The minimum absolute atomic E-state index is 0.314. The predicted molar refractivity (Wildman–Crippen MR) is 76.1 cm³/mol. The normalized spacial score (nSPS) is 21.3. The summed E-state index contributed by atoms with van der Waals surface area (Å²) in [6, 6.07) is 0. The lowest BCUT2D eigenvalue weighted by Crippen LogP contribution is -2.47. The lowest BCUT2D eigenvalue weighted by Gasteiger charge is -2.35. The molecule has 0 N–H and O–H groups in total. The zero-order chi connectivity index (χ0) is 12.5. The maximum atomic E-state index is 5.86. The van der Waals surface area contributed by atoms with Crippen LogP contribution in [-0.2, 0) is 0 Å². The summed E-state index contributed by atoms with van der Waals surface area (Å²) >= 11 is 9.35. The molecule has 0 bridgehead atoms. The van der Waals surface area contributed by atoms with E-state index in [0.29, 0.717) is 5.28 Å². The summed E-state index contributed by atoms with van der Waals surface area (Å²) in [4.78, 5) is 13.1. The summed E-state index contributed by atoms with van der Waals surface area (Å²) < 4.78 is 0.919. The highest BCUT2D eigenvalue weighted by atomic mass is 79.9. The second-order valence-electron chi connectivity index (χ2n) is 5.04. The van der Waals surface area contributed by atoms with Crippen molar-refractivity contribution in [1.29, 1.82) is 0 Å². The Balaban J connectivity index is 1.62. The molecule has 4 nitrogen and oxygen atoms in total. The molecule has 0 spiro atoms. The molecule has 18 heavy (non-hydrogen) atoms. The number of aromatic nitrogens is 2. The van der Waals surface area contributed by atoms with Gasteiger partial charge in [-0.1, -0.05) is 0 Å². The van der Waals surface area contributed by atoms with E-state index in [-0.39, 0.29) is 0 Å². The van der Waals surface area contributed by atoms with E-state index in [4.69, 9.17) is 11.6 Å². The first-order valence-electron chi connectivity index (χ1n) is 6.38. The van der Waals surface area contributed by atoms with Crippen LogP contribution in [-0.4, -0.2) is 47.6 Å². The van der Waals surface area contributed by atoms with E-state index in [2.05, 4.69) is 35.7 Å². The molecule has 2 heterocycles. The monoisotopic (exact) mass is 330 g/mol. The number of hydrogen-bond acceptors (Lipinski definition) is 4. The highest BCUT2D eigenvalue weighted by Gasteiger charge is 2.27. The van der Waals surface area contributed by atoms with E-state index in [1.54, 1.807) is 6.20 Å². The number of hydrogen-bond donors (Lipinski definition) is 0. The third-order valence-corrected chi connectivity index (χ3v) is 4.32. The Morgan fingerprint density at radius 1 is 1.28 bits per heavy atom. The van der Waals surface area contributed by atoms with Gasteiger partial charge in [0, 0.05) is 38.9 Å². The van der Waals surface area contributed by atoms with Gasteiger partial charge >= 0.3 is 0 Å². The van der Waals surface area contributed by atoms with Gasteiger partial charge in [0.2, 0.25) is 5.28 Å². The van der Waals surface area contributed by atoms with Crippen LogP contribution in [0.2, 0.25) is 5.28 Å². The molecule has 1 aliphatic heterocycles.